The summed E-state index contributed by atoms with van der Waals surface area (Å²) in [5, 5.41) is 10.6. The van der Waals surface area contributed by atoms with Gasteiger partial charge in [-0.25, -0.2) is 9.13 Å². The first kappa shape index (κ1) is 94.0. The predicted octanol–water partition coefficient (Wildman–Crippen LogP) is 22.2. The van der Waals surface area contributed by atoms with Crippen molar-refractivity contribution in [2.24, 2.45) is 11.8 Å². The monoisotopic (exact) mass is 1410 g/mol. The average molecular weight is 1420 g/mol. The smallest absolute Gasteiger partial charge is 0.462 e. The minimum Gasteiger partial charge on any atom is -0.462 e. The number of phosphoric acid groups is 2. The number of carbonyl (C=O) groups is 4. The van der Waals surface area contributed by atoms with Crippen LogP contribution >= 0.6 is 15.6 Å². The Morgan fingerprint density at radius 3 is 0.918 bits per heavy atom. The van der Waals surface area contributed by atoms with Crippen LogP contribution in [0.2, 0.25) is 0 Å². The Kier molecular flexibility index (Phi) is 66.7. The van der Waals surface area contributed by atoms with E-state index in [1.54, 1.807) is 0 Å². The summed E-state index contributed by atoms with van der Waals surface area (Å²) >= 11 is 0. The molecule has 97 heavy (non-hydrogen) atoms. The quantitative estimate of drug-likeness (QED) is 0.0169. The number of hydrogen-bond donors (Lipinski definition) is 3. The fourth-order valence-electron chi connectivity index (χ4n) is 10.9. The molecule has 19 heteroatoms. The molecule has 568 valence electrons. The Hall–Kier alpha value is -2.98. The van der Waals surface area contributed by atoms with E-state index in [4.69, 9.17) is 37.0 Å². The SMILES string of the molecule is CCCCCC/C=C\C=C/CCCCCCCC(=O)OC[C@H](COP(=O)(O)OC[C@@H](O)COP(=O)(O)OC[C@@H](COC(=O)CCCCCCCCC(C)CC)OC(=O)CCCCCCC/C=C\C=C/CCCCCC)OC(=O)CCCCCCCCCCCCCCCCC(C)C. The maximum atomic E-state index is 13.1. The van der Waals surface area contributed by atoms with Crippen molar-refractivity contribution in [2.45, 2.75) is 374 Å². The molecule has 6 atom stereocenters. The molecule has 0 aliphatic carbocycles. The number of unbranched alkanes of at least 4 members (excludes halogenated alkanes) is 36. The van der Waals surface area contributed by atoms with Gasteiger partial charge in [0.15, 0.2) is 12.2 Å². The van der Waals surface area contributed by atoms with Gasteiger partial charge in [0, 0.05) is 25.7 Å². The lowest BCUT2D eigenvalue weighted by Gasteiger charge is -2.21. The molecule has 0 heterocycles. The predicted molar refractivity (Wildman–Crippen MR) is 395 cm³/mol. The second kappa shape index (κ2) is 68.8. The number of aliphatic hydroxyl groups excluding tert-OH is 1. The first-order chi connectivity index (χ1) is 46.9. The van der Waals surface area contributed by atoms with Crippen LogP contribution in [0.15, 0.2) is 48.6 Å². The first-order valence-electron chi connectivity index (χ1n) is 39.2. The van der Waals surface area contributed by atoms with E-state index in [-0.39, 0.29) is 25.7 Å². The molecule has 0 aliphatic heterocycles. The third-order valence-electron chi connectivity index (χ3n) is 17.3. The molecule has 0 bridgehead atoms. The van der Waals surface area contributed by atoms with E-state index in [0.29, 0.717) is 25.7 Å². The van der Waals surface area contributed by atoms with Gasteiger partial charge in [-0.2, -0.15) is 0 Å². The summed E-state index contributed by atoms with van der Waals surface area (Å²) in [5.41, 5.74) is 0. The van der Waals surface area contributed by atoms with Crippen LogP contribution in [0.1, 0.15) is 356 Å². The lowest BCUT2D eigenvalue weighted by molar-refractivity contribution is -0.161. The number of esters is 4. The molecule has 0 aliphatic rings. The molecule has 0 saturated carbocycles. The average Bonchev–Trinajstić information content (AvgIpc) is 1.18. The van der Waals surface area contributed by atoms with Crippen molar-refractivity contribution in [2.75, 3.05) is 39.6 Å². The van der Waals surface area contributed by atoms with Crippen LogP contribution in [0.3, 0.4) is 0 Å². The van der Waals surface area contributed by atoms with E-state index in [0.717, 1.165) is 140 Å². The fourth-order valence-corrected chi connectivity index (χ4v) is 12.5. The van der Waals surface area contributed by atoms with E-state index in [1.807, 2.05) is 0 Å². The number of aliphatic hydroxyl groups is 1. The van der Waals surface area contributed by atoms with Crippen LogP contribution in [0.25, 0.3) is 0 Å². The molecular formula is C78H144O17P2. The normalized spacial score (nSPS) is 14.6. The summed E-state index contributed by atoms with van der Waals surface area (Å²) in [7, 11) is -9.94. The number of rotatable bonds is 73. The highest BCUT2D eigenvalue weighted by Crippen LogP contribution is 2.45. The first-order valence-corrected chi connectivity index (χ1v) is 42.2. The molecular weight excluding hydrogens is 1270 g/mol. The molecule has 17 nitrogen and oxygen atoms in total. The highest BCUT2D eigenvalue weighted by atomic mass is 31.2. The molecule has 0 aromatic rings. The van der Waals surface area contributed by atoms with Crippen molar-refractivity contribution in [1.82, 2.24) is 0 Å². The topological polar surface area (TPSA) is 237 Å². The lowest BCUT2D eigenvalue weighted by Crippen LogP contribution is -2.30. The van der Waals surface area contributed by atoms with Gasteiger partial charge in [-0.3, -0.25) is 37.3 Å². The van der Waals surface area contributed by atoms with Crippen molar-refractivity contribution in [3.63, 3.8) is 0 Å². The Morgan fingerprint density at radius 1 is 0.340 bits per heavy atom. The summed E-state index contributed by atoms with van der Waals surface area (Å²) in [6, 6.07) is 0. The second-order valence-electron chi connectivity index (χ2n) is 27.4. The standard InChI is InChI=1S/C78H144O17P2/c1-7-10-12-14-16-18-20-22-24-29-33-37-41-48-54-60-75(80)88-66-73(94-77(82)62-57-51-43-39-35-31-27-26-28-32-36-40-46-52-58-70(4)5)68-92-96(84,85)90-64-72(79)65-91-97(86,87)93-69-74(67-89-76(81)61-55-49-45-44-47-53-59-71(6)9-3)95-78(83)63-56-50-42-38-34-30-25-23-21-19-17-15-13-11-8-2/h18-25,70-74,79H,7-17,26-69H2,1-6H3,(H,84,85)(H,86,87)/b20-18-,21-19-,24-22-,25-23-/t71?,72-,73-,74-/m1/s1. The largest absolute Gasteiger partial charge is 0.472 e. The van der Waals surface area contributed by atoms with E-state index in [1.165, 1.54) is 135 Å². The van der Waals surface area contributed by atoms with Crippen molar-refractivity contribution in [3.8, 4) is 0 Å². The van der Waals surface area contributed by atoms with E-state index in [2.05, 4.69) is 90.2 Å². The van der Waals surface area contributed by atoms with Crippen molar-refractivity contribution >= 4 is 39.5 Å². The molecule has 0 amide bonds. The summed E-state index contributed by atoms with van der Waals surface area (Å²) in [6.07, 6.45) is 62.6. The molecule has 3 unspecified atom stereocenters. The van der Waals surface area contributed by atoms with E-state index in [9.17, 15) is 43.2 Å². The second-order valence-corrected chi connectivity index (χ2v) is 30.4. The Labute approximate surface area is 591 Å². The van der Waals surface area contributed by atoms with Gasteiger partial charge >= 0.3 is 39.5 Å². The van der Waals surface area contributed by atoms with Crippen molar-refractivity contribution in [1.29, 1.82) is 0 Å². The third-order valence-corrected chi connectivity index (χ3v) is 19.2. The van der Waals surface area contributed by atoms with Gasteiger partial charge < -0.3 is 33.8 Å². The highest BCUT2D eigenvalue weighted by molar-refractivity contribution is 7.47. The Balaban J connectivity index is 5.32. The van der Waals surface area contributed by atoms with Crippen LogP contribution < -0.4 is 0 Å². The maximum Gasteiger partial charge on any atom is 0.472 e. The molecule has 0 saturated heterocycles. The van der Waals surface area contributed by atoms with Gasteiger partial charge in [-0.05, 0) is 88.9 Å². The Bertz CT molecular complexity index is 2060. The summed E-state index contributed by atoms with van der Waals surface area (Å²) in [5.74, 6) is -0.658. The summed E-state index contributed by atoms with van der Waals surface area (Å²) < 4.78 is 68.5. The molecule has 0 rings (SSSR count). The molecule has 0 aromatic carbocycles. The van der Waals surface area contributed by atoms with Gasteiger partial charge in [-0.1, -0.05) is 302 Å². The molecule has 3 N–H and O–H groups in total. The van der Waals surface area contributed by atoms with Gasteiger partial charge in [0.05, 0.1) is 26.4 Å². The highest BCUT2D eigenvalue weighted by Gasteiger charge is 2.30. The Morgan fingerprint density at radius 2 is 0.608 bits per heavy atom. The van der Waals surface area contributed by atoms with Gasteiger partial charge in [0.1, 0.15) is 19.3 Å². The van der Waals surface area contributed by atoms with Crippen molar-refractivity contribution < 1.29 is 80.2 Å². The van der Waals surface area contributed by atoms with Crippen LogP contribution in [-0.2, 0) is 65.4 Å². The van der Waals surface area contributed by atoms with Gasteiger partial charge in [-0.15, -0.1) is 0 Å². The maximum absolute atomic E-state index is 13.1. The van der Waals surface area contributed by atoms with E-state index < -0.39 is 97.5 Å². The zero-order valence-corrected chi connectivity index (χ0v) is 64.1. The minimum absolute atomic E-state index is 0.0817. The number of phosphoric ester groups is 2. The third kappa shape index (κ3) is 69.9. The van der Waals surface area contributed by atoms with Crippen LogP contribution in [0.5, 0.6) is 0 Å². The zero-order chi connectivity index (χ0) is 71.4. The van der Waals surface area contributed by atoms with Crippen LogP contribution in [0.4, 0.5) is 0 Å². The zero-order valence-electron chi connectivity index (χ0n) is 62.3. The number of carbonyl (C=O) groups excluding carboxylic acids is 4. The van der Waals surface area contributed by atoms with Crippen LogP contribution in [0, 0.1) is 11.8 Å². The molecule has 0 spiro atoms. The van der Waals surface area contributed by atoms with Gasteiger partial charge in [0.25, 0.3) is 0 Å². The molecule has 0 aromatic heterocycles. The van der Waals surface area contributed by atoms with Crippen molar-refractivity contribution in [3.05, 3.63) is 48.6 Å². The molecule has 0 fully saturated rings. The fraction of sp³-hybridized carbons (Fsp3) is 0.846. The number of allylic oxidation sites excluding steroid dienone is 8. The van der Waals surface area contributed by atoms with Gasteiger partial charge in [0.2, 0.25) is 0 Å². The number of hydrogen-bond acceptors (Lipinski definition) is 15. The minimum atomic E-state index is -4.97. The summed E-state index contributed by atoms with van der Waals surface area (Å²) in [6.45, 7) is 9.45. The van der Waals surface area contributed by atoms with E-state index >= 15 is 0 Å². The lowest BCUT2D eigenvalue weighted by atomic mass is 10.00. The number of ether oxygens (including phenoxy) is 4. The molecule has 0 radical (unpaired) electrons. The summed E-state index contributed by atoms with van der Waals surface area (Å²) in [4.78, 5) is 72.8. The van der Waals surface area contributed by atoms with Crippen LogP contribution in [-0.4, -0.2) is 96.7 Å².